The van der Waals surface area contributed by atoms with Crippen LogP contribution in [0, 0.1) is 5.92 Å². The van der Waals surface area contributed by atoms with E-state index in [0.29, 0.717) is 41.0 Å². The Morgan fingerprint density at radius 1 is 1.09 bits per heavy atom. The molecule has 2 aliphatic rings. The van der Waals surface area contributed by atoms with Gasteiger partial charge in [-0.25, -0.2) is 9.79 Å². The number of esters is 1. The second kappa shape index (κ2) is 12.5. The highest BCUT2D eigenvalue weighted by Gasteiger charge is 2.39. The van der Waals surface area contributed by atoms with Gasteiger partial charge in [0.2, 0.25) is 11.8 Å². The van der Waals surface area contributed by atoms with Crippen LogP contribution in [-0.2, 0) is 19.1 Å². The van der Waals surface area contributed by atoms with Crippen molar-refractivity contribution in [3.05, 3.63) is 84.5 Å². The van der Waals surface area contributed by atoms with Gasteiger partial charge in [-0.1, -0.05) is 29.0 Å². The van der Waals surface area contributed by atoms with E-state index >= 15 is 0 Å². The maximum absolute atomic E-state index is 13.9. The molecule has 0 unspecified atom stereocenters. The summed E-state index contributed by atoms with van der Waals surface area (Å²) >= 11 is 12.2. The number of fused-ring (bicyclic) bond motifs is 1. The third-order valence-electron chi connectivity index (χ3n) is 6.61. The summed E-state index contributed by atoms with van der Waals surface area (Å²) < 4.78 is 17.9. The minimum atomic E-state index is -1.36. The van der Waals surface area contributed by atoms with Crippen LogP contribution in [0.1, 0.15) is 25.5 Å². The van der Waals surface area contributed by atoms with Crippen molar-refractivity contribution in [1.29, 1.82) is 0 Å². The second-order valence-corrected chi connectivity index (χ2v) is 11.0. The summed E-state index contributed by atoms with van der Waals surface area (Å²) in [6, 6.07) is 10.6. The molecule has 1 N–H and O–H groups in total. The summed E-state index contributed by atoms with van der Waals surface area (Å²) in [5, 5.41) is 2.90. The summed E-state index contributed by atoms with van der Waals surface area (Å²) in [5.41, 5.74) is 0.500. The van der Waals surface area contributed by atoms with E-state index in [4.69, 9.17) is 38.0 Å². The van der Waals surface area contributed by atoms with Crippen LogP contribution in [0.25, 0.3) is 6.08 Å². The van der Waals surface area contributed by atoms with Crippen molar-refractivity contribution in [3.8, 4) is 11.5 Å². The van der Waals surface area contributed by atoms with E-state index in [9.17, 15) is 19.2 Å². The van der Waals surface area contributed by atoms with E-state index in [1.54, 1.807) is 42.5 Å². The molecule has 5 rings (SSSR count). The van der Waals surface area contributed by atoms with E-state index in [2.05, 4.69) is 10.3 Å². The fourth-order valence-electron chi connectivity index (χ4n) is 4.72. The molecule has 2 atom stereocenters. The first kappa shape index (κ1) is 30.1. The number of thiazole rings is 1. The third kappa shape index (κ3) is 5.70. The Bertz CT molecular complexity index is 1850. The number of rotatable bonds is 8. The SMILES string of the molecule is CCOc1ccc([C@@H]2C(C(=O)OC)=CN=c3s/c(=C\[C@H]4C(=O)NC(=S)N(c5ccc(Cl)cc5)C4=O)c(=O)n32)cc1OCC. The van der Waals surface area contributed by atoms with Crippen molar-refractivity contribution in [2.75, 3.05) is 25.2 Å². The Balaban J connectivity index is 1.62. The average Bonchev–Trinajstić information content (AvgIpc) is 3.31. The molecule has 2 aliphatic heterocycles. The predicted molar refractivity (Wildman–Crippen MR) is 164 cm³/mol. The van der Waals surface area contributed by atoms with Gasteiger partial charge in [-0.15, -0.1) is 0 Å². The molecule has 0 aliphatic carbocycles. The number of carbonyl (C=O) groups is 3. The van der Waals surface area contributed by atoms with Crippen LogP contribution in [0.15, 0.2) is 64.0 Å². The highest BCUT2D eigenvalue weighted by Crippen LogP contribution is 2.35. The number of ether oxygens (including phenoxy) is 3. The molecule has 1 aromatic heterocycles. The van der Waals surface area contributed by atoms with Crippen molar-refractivity contribution in [1.82, 2.24) is 9.88 Å². The second-order valence-electron chi connectivity index (χ2n) is 9.19. The van der Waals surface area contributed by atoms with Gasteiger partial charge in [0.15, 0.2) is 21.4 Å². The number of anilines is 1. The molecule has 0 saturated carbocycles. The molecule has 0 spiro atoms. The molecular weight excluding hydrogens is 616 g/mol. The fourth-order valence-corrected chi connectivity index (χ4v) is 6.13. The van der Waals surface area contributed by atoms with Gasteiger partial charge in [0.25, 0.3) is 5.56 Å². The number of nitrogens with one attached hydrogen (secondary N) is 1. The van der Waals surface area contributed by atoms with Crippen molar-refractivity contribution in [3.63, 3.8) is 0 Å². The van der Waals surface area contributed by atoms with E-state index < -0.39 is 35.3 Å². The Kier molecular flexibility index (Phi) is 8.76. The van der Waals surface area contributed by atoms with E-state index in [1.807, 2.05) is 13.8 Å². The van der Waals surface area contributed by atoms with Crippen molar-refractivity contribution < 1.29 is 28.6 Å². The Morgan fingerprint density at radius 3 is 2.47 bits per heavy atom. The van der Waals surface area contributed by atoms with Crippen LogP contribution in [0.2, 0.25) is 5.02 Å². The quantitative estimate of drug-likeness (QED) is 0.226. The number of aromatic nitrogens is 1. The lowest BCUT2D eigenvalue weighted by Gasteiger charge is -2.31. The monoisotopic (exact) mass is 640 g/mol. The molecule has 0 bridgehead atoms. The minimum absolute atomic E-state index is 0.0802. The van der Waals surface area contributed by atoms with E-state index in [0.717, 1.165) is 11.3 Å². The van der Waals surface area contributed by atoms with Crippen molar-refractivity contribution in [2.45, 2.75) is 19.9 Å². The standard InChI is InChI=1S/C29H25ClN4O7S2/c1-4-40-20-11-6-15(12-21(20)41-5-2)23-19(27(38)39-3)14-31-29-34(23)26(37)22(43-29)13-18-24(35)32-28(42)33(25(18)36)17-9-7-16(30)8-10-17/h6-14,18,23H,4-5H2,1-3H3,(H,32,35,42)/b22-13-/t18-,23+/m0/s1. The first-order valence-electron chi connectivity index (χ1n) is 13.1. The van der Waals surface area contributed by atoms with Gasteiger partial charge in [-0.3, -0.25) is 23.9 Å². The van der Waals surface area contributed by atoms with E-state index in [1.165, 1.54) is 28.9 Å². The number of hydrogen-bond donors (Lipinski definition) is 1. The number of thiocarbonyl (C=S) groups is 1. The highest BCUT2D eigenvalue weighted by molar-refractivity contribution is 7.80. The number of hydrogen-bond acceptors (Lipinski definition) is 10. The molecule has 14 heteroatoms. The first-order valence-corrected chi connectivity index (χ1v) is 14.7. The molecule has 0 radical (unpaired) electrons. The van der Waals surface area contributed by atoms with Crippen molar-refractivity contribution in [2.24, 2.45) is 10.9 Å². The molecular formula is C29H25ClN4O7S2. The van der Waals surface area contributed by atoms with Crippen LogP contribution < -0.4 is 34.6 Å². The molecule has 2 aromatic carbocycles. The van der Waals surface area contributed by atoms with Gasteiger partial charge in [-0.05, 0) is 74.1 Å². The number of halogens is 1. The normalized spacial score (nSPS) is 18.4. The molecule has 11 nitrogen and oxygen atoms in total. The van der Waals surface area contributed by atoms with Gasteiger partial charge in [0.1, 0.15) is 5.92 Å². The first-order chi connectivity index (χ1) is 20.7. The van der Waals surface area contributed by atoms with Gasteiger partial charge < -0.3 is 19.5 Å². The molecule has 1 fully saturated rings. The van der Waals surface area contributed by atoms with Gasteiger partial charge >= 0.3 is 5.97 Å². The summed E-state index contributed by atoms with van der Waals surface area (Å²) in [6.45, 7) is 4.45. The lowest BCUT2D eigenvalue weighted by Crippen LogP contribution is -2.58. The lowest BCUT2D eigenvalue weighted by molar-refractivity contribution is -0.136. The number of nitrogens with zero attached hydrogens (tertiary/aromatic N) is 3. The fraction of sp³-hybridized carbons (Fsp3) is 0.241. The third-order valence-corrected chi connectivity index (χ3v) is 8.16. The molecule has 222 valence electrons. The molecule has 2 amide bonds. The number of methoxy groups -OCH3 is 1. The number of carbonyl (C=O) groups excluding carboxylic acids is 3. The Labute approximate surface area is 259 Å². The summed E-state index contributed by atoms with van der Waals surface area (Å²) in [5.74, 6) is -2.41. The number of amides is 2. The maximum Gasteiger partial charge on any atom is 0.337 e. The largest absolute Gasteiger partial charge is 0.490 e. The van der Waals surface area contributed by atoms with Crippen LogP contribution in [0.4, 0.5) is 5.69 Å². The maximum atomic E-state index is 13.9. The zero-order chi connectivity index (χ0) is 30.8. The predicted octanol–water partition coefficient (Wildman–Crippen LogP) is 2.48. The molecule has 1 saturated heterocycles. The van der Waals surface area contributed by atoms with Gasteiger partial charge in [0, 0.05) is 11.2 Å². The topological polar surface area (TPSA) is 129 Å². The molecule has 3 aromatic rings. The van der Waals surface area contributed by atoms with Crippen molar-refractivity contribution >= 4 is 69.8 Å². The zero-order valence-corrected chi connectivity index (χ0v) is 25.5. The minimum Gasteiger partial charge on any atom is -0.490 e. The smallest absolute Gasteiger partial charge is 0.337 e. The van der Waals surface area contributed by atoms with Gasteiger partial charge in [0.05, 0.1) is 42.2 Å². The number of benzene rings is 2. The van der Waals surface area contributed by atoms with Crippen LogP contribution in [0.5, 0.6) is 11.5 Å². The summed E-state index contributed by atoms with van der Waals surface area (Å²) in [6.07, 6.45) is 2.64. The highest BCUT2D eigenvalue weighted by atomic mass is 35.5. The van der Waals surface area contributed by atoms with Crippen LogP contribution in [0.3, 0.4) is 0 Å². The van der Waals surface area contributed by atoms with Crippen LogP contribution in [-0.4, -0.2) is 47.8 Å². The summed E-state index contributed by atoms with van der Waals surface area (Å²) in [4.78, 5) is 59.0. The average molecular weight is 641 g/mol. The van der Waals surface area contributed by atoms with Crippen LogP contribution >= 0.6 is 35.2 Å². The Morgan fingerprint density at radius 2 is 1.79 bits per heavy atom. The van der Waals surface area contributed by atoms with Gasteiger partial charge in [-0.2, -0.15) is 0 Å². The zero-order valence-electron chi connectivity index (χ0n) is 23.2. The Hall–Kier alpha value is -4.33. The molecule has 43 heavy (non-hydrogen) atoms. The lowest BCUT2D eigenvalue weighted by atomic mass is 9.97. The van der Waals surface area contributed by atoms with E-state index in [-0.39, 0.29) is 20.0 Å². The summed E-state index contributed by atoms with van der Waals surface area (Å²) in [7, 11) is 1.24. The molecule has 3 heterocycles.